The molecule has 2 aromatic rings. The van der Waals surface area contributed by atoms with Crippen LogP contribution in [0.15, 0.2) is 40.9 Å². The van der Waals surface area contributed by atoms with Gasteiger partial charge in [0.15, 0.2) is 0 Å². The summed E-state index contributed by atoms with van der Waals surface area (Å²) in [5.41, 5.74) is 6.92. The molecule has 0 aliphatic rings. The normalized spacial score (nSPS) is 14.0. The van der Waals surface area contributed by atoms with Gasteiger partial charge in [0.05, 0.1) is 10.6 Å². The van der Waals surface area contributed by atoms with Crippen LogP contribution in [0.1, 0.15) is 23.1 Å². The van der Waals surface area contributed by atoms with E-state index >= 15 is 0 Å². The molecule has 0 bridgehead atoms. The number of rotatable bonds is 4. The highest BCUT2D eigenvalue weighted by Gasteiger charge is 2.26. The molecule has 0 aliphatic carbocycles. The van der Waals surface area contributed by atoms with E-state index in [4.69, 9.17) is 28.9 Å². The van der Waals surface area contributed by atoms with Crippen molar-refractivity contribution in [2.24, 2.45) is 5.73 Å². The van der Waals surface area contributed by atoms with Gasteiger partial charge in [-0.2, -0.15) is 0 Å². The second-order valence-corrected chi connectivity index (χ2v) is 6.26. The van der Waals surface area contributed by atoms with E-state index in [2.05, 4.69) is 15.9 Å². The van der Waals surface area contributed by atoms with Gasteiger partial charge in [-0.05, 0) is 51.3 Å². The molecular formula is C15H13BrCl2FNO. The first kappa shape index (κ1) is 16.7. The molecule has 0 heterocycles. The Balaban J connectivity index is 2.43. The van der Waals surface area contributed by atoms with Crippen LogP contribution in [-0.4, -0.2) is 11.7 Å². The maximum absolute atomic E-state index is 13.3. The van der Waals surface area contributed by atoms with Crippen LogP contribution in [0.5, 0.6) is 0 Å². The summed E-state index contributed by atoms with van der Waals surface area (Å²) in [5, 5.41) is 11.4. The molecule has 2 nitrogen and oxygen atoms in total. The standard InChI is InChI=1S/C15H13BrCl2FNO/c16-10-6-8(4-5-13(10)19)15(21)9(7-20)14-11(17)2-1-3-12(14)18/h1-6,9,15,21H,7,20H2. The van der Waals surface area contributed by atoms with Crippen LogP contribution in [0.25, 0.3) is 0 Å². The monoisotopic (exact) mass is 391 g/mol. The maximum atomic E-state index is 13.3. The summed E-state index contributed by atoms with van der Waals surface area (Å²) < 4.78 is 13.6. The summed E-state index contributed by atoms with van der Waals surface area (Å²) in [6, 6.07) is 9.43. The fourth-order valence-corrected chi connectivity index (χ4v) is 3.27. The van der Waals surface area contributed by atoms with Crippen LogP contribution in [0.2, 0.25) is 10.0 Å². The number of hydrogen-bond donors (Lipinski definition) is 2. The van der Waals surface area contributed by atoms with Gasteiger partial charge < -0.3 is 10.8 Å². The van der Waals surface area contributed by atoms with E-state index in [9.17, 15) is 9.50 Å². The molecule has 2 aromatic carbocycles. The summed E-state index contributed by atoms with van der Waals surface area (Å²) in [6.07, 6.45) is -0.940. The molecule has 0 spiro atoms. The first-order chi connectivity index (χ1) is 9.95. The van der Waals surface area contributed by atoms with Gasteiger partial charge >= 0.3 is 0 Å². The van der Waals surface area contributed by atoms with Crippen LogP contribution >= 0.6 is 39.1 Å². The zero-order valence-electron chi connectivity index (χ0n) is 10.9. The van der Waals surface area contributed by atoms with Gasteiger partial charge in [-0.3, -0.25) is 0 Å². The number of benzene rings is 2. The van der Waals surface area contributed by atoms with Gasteiger partial charge in [-0.15, -0.1) is 0 Å². The fraction of sp³-hybridized carbons (Fsp3) is 0.200. The highest BCUT2D eigenvalue weighted by molar-refractivity contribution is 9.10. The topological polar surface area (TPSA) is 46.2 Å². The second kappa shape index (κ2) is 7.07. The molecule has 0 saturated carbocycles. The maximum Gasteiger partial charge on any atom is 0.137 e. The molecule has 0 radical (unpaired) electrons. The Kier molecular flexibility index (Phi) is 5.63. The smallest absolute Gasteiger partial charge is 0.137 e. The van der Waals surface area contributed by atoms with Gasteiger partial charge in [0.1, 0.15) is 5.82 Å². The second-order valence-electron chi connectivity index (χ2n) is 4.60. The summed E-state index contributed by atoms with van der Waals surface area (Å²) in [5.74, 6) is -0.880. The molecule has 2 rings (SSSR count). The molecule has 2 unspecified atom stereocenters. The van der Waals surface area contributed by atoms with E-state index in [-0.39, 0.29) is 11.0 Å². The molecule has 21 heavy (non-hydrogen) atoms. The average molecular weight is 393 g/mol. The Labute approximate surface area is 140 Å². The zero-order chi connectivity index (χ0) is 15.6. The Hall–Kier alpha value is -0.650. The van der Waals surface area contributed by atoms with Crippen LogP contribution in [0, 0.1) is 5.82 Å². The molecule has 0 saturated heterocycles. The Morgan fingerprint density at radius 3 is 2.33 bits per heavy atom. The van der Waals surface area contributed by atoms with Crippen LogP contribution < -0.4 is 5.73 Å². The van der Waals surface area contributed by atoms with E-state index in [1.54, 1.807) is 18.2 Å². The van der Waals surface area contributed by atoms with Gasteiger partial charge in [0.2, 0.25) is 0 Å². The molecule has 6 heteroatoms. The van der Waals surface area contributed by atoms with Gasteiger partial charge in [0, 0.05) is 22.5 Å². The average Bonchev–Trinajstić information content (AvgIpc) is 2.45. The highest BCUT2D eigenvalue weighted by Crippen LogP contribution is 2.38. The quantitative estimate of drug-likeness (QED) is 0.793. The van der Waals surface area contributed by atoms with Gasteiger partial charge in [-0.25, -0.2) is 4.39 Å². The van der Waals surface area contributed by atoms with E-state index < -0.39 is 17.8 Å². The highest BCUT2D eigenvalue weighted by atomic mass is 79.9. The van der Waals surface area contributed by atoms with Crippen molar-refractivity contribution < 1.29 is 9.50 Å². The van der Waals surface area contributed by atoms with Crippen molar-refractivity contribution in [3.8, 4) is 0 Å². The minimum absolute atomic E-state index is 0.152. The van der Waals surface area contributed by atoms with Crippen molar-refractivity contribution in [2.75, 3.05) is 6.54 Å². The molecule has 0 fully saturated rings. The van der Waals surface area contributed by atoms with Gasteiger partial charge in [-0.1, -0.05) is 35.3 Å². The molecule has 112 valence electrons. The van der Waals surface area contributed by atoms with E-state index in [1.165, 1.54) is 18.2 Å². The van der Waals surface area contributed by atoms with Gasteiger partial charge in [0.25, 0.3) is 0 Å². The Bertz CT molecular complexity index is 633. The number of nitrogens with two attached hydrogens (primary N) is 1. The third kappa shape index (κ3) is 3.58. The number of halogens is 4. The first-order valence-corrected chi connectivity index (χ1v) is 7.77. The lowest BCUT2D eigenvalue weighted by atomic mass is 9.89. The largest absolute Gasteiger partial charge is 0.388 e. The van der Waals surface area contributed by atoms with Crippen molar-refractivity contribution in [2.45, 2.75) is 12.0 Å². The van der Waals surface area contributed by atoms with E-state index in [0.29, 0.717) is 21.2 Å². The van der Waals surface area contributed by atoms with Crippen LogP contribution in [0.3, 0.4) is 0 Å². The van der Waals surface area contributed by atoms with Crippen LogP contribution in [-0.2, 0) is 0 Å². The summed E-state index contributed by atoms with van der Waals surface area (Å²) in [6.45, 7) is 0.152. The number of hydrogen-bond acceptors (Lipinski definition) is 2. The predicted molar refractivity (Wildman–Crippen MR) is 87.3 cm³/mol. The predicted octanol–water partition coefficient (Wildman–Crippen LogP) is 4.67. The van der Waals surface area contributed by atoms with Crippen molar-refractivity contribution in [1.29, 1.82) is 0 Å². The third-order valence-corrected chi connectivity index (χ3v) is 4.56. The first-order valence-electron chi connectivity index (χ1n) is 6.22. The molecule has 3 N–H and O–H groups in total. The van der Waals surface area contributed by atoms with Crippen molar-refractivity contribution in [3.05, 3.63) is 67.9 Å². The number of aliphatic hydroxyl groups excluding tert-OH is 1. The van der Waals surface area contributed by atoms with Crippen LogP contribution in [0.4, 0.5) is 4.39 Å². The number of aliphatic hydroxyl groups is 1. The Morgan fingerprint density at radius 1 is 1.19 bits per heavy atom. The third-order valence-electron chi connectivity index (χ3n) is 3.29. The lowest BCUT2D eigenvalue weighted by Crippen LogP contribution is -2.21. The van der Waals surface area contributed by atoms with Crippen molar-refractivity contribution >= 4 is 39.1 Å². The molecular weight excluding hydrogens is 380 g/mol. The summed E-state index contributed by atoms with van der Waals surface area (Å²) in [4.78, 5) is 0. The SMILES string of the molecule is NCC(c1c(Cl)cccc1Cl)C(O)c1ccc(F)c(Br)c1. The lowest BCUT2D eigenvalue weighted by molar-refractivity contribution is 0.147. The molecule has 0 amide bonds. The van der Waals surface area contributed by atoms with Crippen molar-refractivity contribution in [3.63, 3.8) is 0 Å². The minimum atomic E-state index is -0.940. The van der Waals surface area contributed by atoms with E-state index in [1.807, 2.05) is 0 Å². The molecule has 2 atom stereocenters. The van der Waals surface area contributed by atoms with Crippen molar-refractivity contribution in [1.82, 2.24) is 0 Å². The fourth-order valence-electron chi connectivity index (χ4n) is 2.20. The van der Waals surface area contributed by atoms with E-state index in [0.717, 1.165) is 0 Å². The molecule has 0 aliphatic heterocycles. The summed E-state index contributed by atoms with van der Waals surface area (Å²) >= 11 is 15.4. The lowest BCUT2D eigenvalue weighted by Gasteiger charge is -2.24. The Morgan fingerprint density at radius 2 is 1.81 bits per heavy atom. The molecule has 0 aromatic heterocycles. The summed E-state index contributed by atoms with van der Waals surface area (Å²) in [7, 11) is 0. The minimum Gasteiger partial charge on any atom is -0.388 e. The zero-order valence-corrected chi connectivity index (χ0v) is 14.0.